The molecular formula is C15H25N5OS. The Kier molecular flexibility index (Phi) is 6.18. The van der Waals surface area contributed by atoms with E-state index in [4.69, 9.17) is 5.73 Å². The van der Waals surface area contributed by atoms with Crippen LogP contribution >= 0.6 is 11.3 Å². The Morgan fingerprint density at radius 1 is 1.64 bits per heavy atom. The molecule has 122 valence electrons. The second-order valence-electron chi connectivity index (χ2n) is 5.71. The maximum Gasteiger partial charge on any atom is 0.217 e. The van der Waals surface area contributed by atoms with E-state index in [1.165, 1.54) is 4.88 Å². The van der Waals surface area contributed by atoms with E-state index in [1.807, 2.05) is 6.20 Å². The Hall–Kier alpha value is -1.63. The van der Waals surface area contributed by atoms with Crippen LogP contribution in [0.25, 0.3) is 0 Å². The molecule has 0 aromatic carbocycles. The van der Waals surface area contributed by atoms with Crippen molar-refractivity contribution in [3.05, 3.63) is 16.1 Å². The number of rotatable bonds is 5. The lowest BCUT2D eigenvalue weighted by Gasteiger charge is -2.34. The fourth-order valence-corrected chi connectivity index (χ4v) is 3.63. The van der Waals surface area contributed by atoms with Gasteiger partial charge >= 0.3 is 0 Å². The lowest BCUT2D eigenvalue weighted by Crippen LogP contribution is -2.47. The zero-order valence-corrected chi connectivity index (χ0v) is 14.2. The number of nitrogens with one attached hydrogen (secondary N) is 1. The van der Waals surface area contributed by atoms with Crippen LogP contribution in [0.1, 0.15) is 29.1 Å². The normalized spacial score (nSPS) is 19.3. The van der Waals surface area contributed by atoms with E-state index in [0.717, 1.165) is 49.9 Å². The number of carbonyl (C=O) groups excluding carboxylic acids is 1. The Labute approximate surface area is 135 Å². The highest BCUT2D eigenvalue weighted by atomic mass is 32.1. The SMILES string of the molecule is CN=C(NCCc1ncc(C)s1)N1CCCC(CC(N)=O)C1. The molecular weight excluding hydrogens is 298 g/mol. The van der Waals surface area contributed by atoms with Crippen LogP contribution in [0.15, 0.2) is 11.2 Å². The van der Waals surface area contributed by atoms with E-state index in [9.17, 15) is 4.79 Å². The maximum absolute atomic E-state index is 11.1. The predicted octanol–water partition coefficient (Wildman–Crippen LogP) is 1.16. The number of hydrogen-bond acceptors (Lipinski definition) is 4. The highest BCUT2D eigenvalue weighted by Gasteiger charge is 2.23. The lowest BCUT2D eigenvalue weighted by atomic mass is 9.95. The van der Waals surface area contributed by atoms with Crippen molar-refractivity contribution < 1.29 is 4.79 Å². The van der Waals surface area contributed by atoms with E-state index < -0.39 is 0 Å². The van der Waals surface area contributed by atoms with E-state index in [-0.39, 0.29) is 5.91 Å². The Morgan fingerprint density at radius 3 is 3.09 bits per heavy atom. The first-order chi connectivity index (χ1) is 10.6. The summed E-state index contributed by atoms with van der Waals surface area (Å²) in [4.78, 5) is 23.3. The number of thiazole rings is 1. The van der Waals surface area contributed by atoms with E-state index in [1.54, 1.807) is 18.4 Å². The van der Waals surface area contributed by atoms with Crippen molar-refractivity contribution in [2.45, 2.75) is 32.6 Å². The Morgan fingerprint density at radius 2 is 2.45 bits per heavy atom. The van der Waals surface area contributed by atoms with Gasteiger partial charge in [0, 0.05) is 50.6 Å². The number of likely N-dealkylation sites (tertiary alicyclic amines) is 1. The highest BCUT2D eigenvalue weighted by molar-refractivity contribution is 7.11. The topological polar surface area (TPSA) is 83.6 Å². The molecule has 1 aromatic heterocycles. The highest BCUT2D eigenvalue weighted by Crippen LogP contribution is 2.19. The maximum atomic E-state index is 11.1. The standard InChI is InChI=1S/C15H25N5OS/c1-11-9-19-14(22-11)5-6-18-15(17-2)20-7-3-4-12(10-20)8-13(16)21/h9,12H,3-8,10H2,1-2H3,(H2,16,21)(H,17,18). The van der Waals surface area contributed by atoms with E-state index in [2.05, 4.69) is 27.1 Å². The van der Waals surface area contributed by atoms with Gasteiger partial charge in [-0.3, -0.25) is 9.79 Å². The van der Waals surface area contributed by atoms with Gasteiger partial charge in [0.1, 0.15) is 0 Å². The summed E-state index contributed by atoms with van der Waals surface area (Å²) < 4.78 is 0. The molecule has 1 aliphatic rings. The average molecular weight is 323 g/mol. The molecule has 1 aromatic rings. The second-order valence-corrected chi connectivity index (χ2v) is 7.03. The van der Waals surface area contributed by atoms with Crippen LogP contribution in [-0.2, 0) is 11.2 Å². The van der Waals surface area contributed by atoms with Crippen LogP contribution in [0.3, 0.4) is 0 Å². The number of nitrogens with two attached hydrogens (primary N) is 1. The van der Waals surface area contributed by atoms with E-state index >= 15 is 0 Å². The fraction of sp³-hybridized carbons (Fsp3) is 0.667. The number of amides is 1. The summed E-state index contributed by atoms with van der Waals surface area (Å²) in [5, 5.41) is 4.54. The molecule has 0 saturated carbocycles. The quantitative estimate of drug-likeness (QED) is 0.629. The van der Waals surface area contributed by atoms with Crippen LogP contribution in [0.4, 0.5) is 0 Å². The third-order valence-electron chi connectivity index (χ3n) is 3.81. The molecule has 1 amide bonds. The zero-order valence-electron chi connectivity index (χ0n) is 13.3. The molecule has 2 rings (SSSR count). The fourth-order valence-electron chi connectivity index (χ4n) is 2.84. The number of hydrogen-bond donors (Lipinski definition) is 2. The molecule has 0 radical (unpaired) electrons. The van der Waals surface area contributed by atoms with Crippen molar-refractivity contribution in [1.82, 2.24) is 15.2 Å². The van der Waals surface area contributed by atoms with Gasteiger partial charge in [-0.1, -0.05) is 0 Å². The molecule has 22 heavy (non-hydrogen) atoms. The third-order valence-corrected chi connectivity index (χ3v) is 4.78. The summed E-state index contributed by atoms with van der Waals surface area (Å²) >= 11 is 1.73. The molecule has 6 nitrogen and oxygen atoms in total. The summed E-state index contributed by atoms with van der Waals surface area (Å²) in [6.45, 7) is 4.71. The largest absolute Gasteiger partial charge is 0.370 e. The Balaban J connectivity index is 1.81. The van der Waals surface area contributed by atoms with E-state index in [0.29, 0.717) is 12.3 Å². The first-order valence-electron chi connectivity index (χ1n) is 7.73. The first-order valence-corrected chi connectivity index (χ1v) is 8.55. The summed E-state index contributed by atoms with van der Waals surface area (Å²) in [5.41, 5.74) is 5.31. The molecule has 7 heteroatoms. The molecule has 1 atom stereocenters. The third kappa shape index (κ3) is 4.98. The number of primary amides is 1. The molecule has 3 N–H and O–H groups in total. The molecule has 1 unspecified atom stereocenters. The minimum absolute atomic E-state index is 0.214. The smallest absolute Gasteiger partial charge is 0.217 e. The monoisotopic (exact) mass is 323 g/mol. The van der Waals surface area contributed by atoms with Gasteiger partial charge in [0.15, 0.2) is 5.96 Å². The van der Waals surface area contributed by atoms with Crippen LogP contribution in [0, 0.1) is 12.8 Å². The van der Waals surface area contributed by atoms with Gasteiger partial charge in [-0.15, -0.1) is 11.3 Å². The number of aryl methyl sites for hydroxylation is 1. The van der Waals surface area contributed by atoms with Gasteiger partial charge in [0.25, 0.3) is 0 Å². The molecule has 1 aliphatic heterocycles. The number of carbonyl (C=O) groups is 1. The average Bonchev–Trinajstić information content (AvgIpc) is 2.89. The molecule has 1 saturated heterocycles. The zero-order chi connectivity index (χ0) is 15.9. The van der Waals surface area contributed by atoms with Gasteiger partial charge in [-0.2, -0.15) is 0 Å². The molecule has 0 bridgehead atoms. The van der Waals surface area contributed by atoms with Crippen molar-refractivity contribution in [1.29, 1.82) is 0 Å². The summed E-state index contributed by atoms with van der Waals surface area (Å²) in [6, 6.07) is 0. The molecule has 0 aliphatic carbocycles. The van der Waals surface area contributed by atoms with Crippen molar-refractivity contribution >= 4 is 23.2 Å². The minimum Gasteiger partial charge on any atom is -0.370 e. The lowest BCUT2D eigenvalue weighted by molar-refractivity contribution is -0.119. The van der Waals surface area contributed by atoms with Crippen molar-refractivity contribution in [3.63, 3.8) is 0 Å². The minimum atomic E-state index is -0.214. The second kappa shape index (κ2) is 8.12. The van der Waals surface area contributed by atoms with Gasteiger partial charge in [-0.25, -0.2) is 4.98 Å². The number of piperidine rings is 1. The molecule has 1 fully saturated rings. The first kappa shape index (κ1) is 16.7. The van der Waals surface area contributed by atoms with Crippen molar-refractivity contribution in [2.24, 2.45) is 16.6 Å². The Bertz CT molecular complexity index is 528. The number of aromatic nitrogens is 1. The molecule has 2 heterocycles. The predicted molar refractivity (Wildman–Crippen MR) is 90.0 cm³/mol. The van der Waals surface area contributed by atoms with Gasteiger partial charge in [0.2, 0.25) is 5.91 Å². The van der Waals surface area contributed by atoms with Gasteiger partial charge in [-0.05, 0) is 25.7 Å². The van der Waals surface area contributed by atoms with Crippen LogP contribution < -0.4 is 11.1 Å². The van der Waals surface area contributed by atoms with Gasteiger partial charge < -0.3 is 16.0 Å². The molecule has 0 spiro atoms. The summed E-state index contributed by atoms with van der Waals surface area (Å²) in [7, 11) is 1.80. The van der Waals surface area contributed by atoms with Crippen LogP contribution in [0.2, 0.25) is 0 Å². The summed E-state index contributed by atoms with van der Waals surface area (Å²) in [5.74, 6) is 1.03. The summed E-state index contributed by atoms with van der Waals surface area (Å²) in [6.07, 6.45) is 5.41. The number of aliphatic imine (C=N–C) groups is 1. The van der Waals surface area contributed by atoms with Gasteiger partial charge in [0.05, 0.1) is 5.01 Å². The van der Waals surface area contributed by atoms with Crippen molar-refractivity contribution in [2.75, 3.05) is 26.7 Å². The number of nitrogens with zero attached hydrogens (tertiary/aromatic N) is 3. The number of guanidine groups is 1. The van der Waals surface area contributed by atoms with Crippen LogP contribution in [0.5, 0.6) is 0 Å². The van der Waals surface area contributed by atoms with Crippen LogP contribution in [-0.4, -0.2) is 48.4 Å². The van der Waals surface area contributed by atoms with Crippen molar-refractivity contribution in [3.8, 4) is 0 Å².